The molecular weight excluding hydrogens is 346 g/mol. The van der Waals surface area contributed by atoms with Crippen molar-refractivity contribution < 1.29 is 31.3 Å². The number of nitrogens with zero attached hydrogens (tertiary/aromatic N) is 4. The SMILES string of the molecule is Cc1cc(Cn2nc(C(F)(F)F)cc2C(F)(F)F)ncc1[N+](=O)[O-]. The number of aryl methyl sites for hydroxylation is 1. The van der Waals surface area contributed by atoms with Gasteiger partial charge in [0.1, 0.15) is 11.9 Å². The Labute approximate surface area is 129 Å². The molecule has 0 saturated carbocycles. The summed E-state index contributed by atoms with van der Waals surface area (Å²) in [6, 6.07) is 1.02. The molecule has 24 heavy (non-hydrogen) atoms. The Kier molecular flexibility index (Phi) is 4.25. The molecule has 0 bridgehead atoms. The summed E-state index contributed by atoms with van der Waals surface area (Å²) < 4.78 is 76.5. The number of aromatic nitrogens is 3. The number of hydrogen-bond donors (Lipinski definition) is 0. The van der Waals surface area contributed by atoms with E-state index in [1.165, 1.54) is 6.92 Å². The number of alkyl halides is 6. The van der Waals surface area contributed by atoms with Crippen molar-refractivity contribution >= 4 is 5.69 Å². The summed E-state index contributed by atoms with van der Waals surface area (Å²) in [4.78, 5) is 13.5. The molecule has 2 rings (SSSR count). The fourth-order valence-corrected chi connectivity index (χ4v) is 1.94. The highest BCUT2D eigenvalue weighted by atomic mass is 19.4. The average molecular weight is 354 g/mol. The normalized spacial score (nSPS) is 12.5. The van der Waals surface area contributed by atoms with E-state index in [2.05, 4.69) is 10.1 Å². The Morgan fingerprint density at radius 1 is 1.17 bits per heavy atom. The molecule has 2 heterocycles. The molecule has 0 saturated heterocycles. The smallest absolute Gasteiger partial charge is 0.258 e. The Morgan fingerprint density at radius 2 is 1.79 bits per heavy atom. The van der Waals surface area contributed by atoms with E-state index in [0.29, 0.717) is 0 Å². The first kappa shape index (κ1) is 17.7. The quantitative estimate of drug-likeness (QED) is 0.480. The van der Waals surface area contributed by atoms with Crippen molar-refractivity contribution in [1.29, 1.82) is 0 Å². The summed E-state index contributed by atoms with van der Waals surface area (Å²) in [7, 11) is 0. The van der Waals surface area contributed by atoms with Gasteiger partial charge >= 0.3 is 12.4 Å². The van der Waals surface area contributed by atoms with Gasteiger partial charge in [-0.25, -0.2) is 0 Å². The van der Waals surface area contributed by atoms with E-state index >= 15 is 0 Å². The van der Waals surface area contributed by atoms with E-state index in [1.807, 2.05) is 0 Å². The lowest BCUT2D eigenvalue weighted by Gasteiger charge is -2.10. The molecule has 0 aliphatic rings. The zero-order chi connectivity index (χ0) is 18.3. The molecule has 130 valence electrons. The summed E-state index contributed by atoms with van der Waals surface area (Å²) >= 11 is 0. The lowest BCUT2D eigenvalue weighted by Crippen LogP contribution is -2.16. The Morgan fingerprint density at radius 3 is 2.25 bits per heavy atom. The van der Waals surface area contributed by atoms with Gasteiger partial charge in [-0.15, -0.1) is 0 Å². The van der Waals surface area contributed by atoms with Crippen LogP contribution in [0, 0.1) is 17.0 Å². The molecule has 0 aliphatic heterocycles. The lowest BCUT2D eigenvalue weighted by molar-refractivity contribution is -0.385. The second-order valence-electron chi connectivity index (χ2n) is 4.79. The first-order valence-electron chi connectivity index (χ1n) is 6.21. The summed E-state index contributed by atoms with van der Waals surface area (Å²) in [6.45, 7) is 0.613. The molecule has 0 amide bonds. The minimum absolute atomic E-state index is 0.0968. The molecule has 0 radical (unpaired) electrons. The Bertz CT molecular complexity index is 781. The molecule has 0 atom stereocenters. The lowest BCUT2D eigenvalue weighted by atomic mass is 10.2. The van der Waals surface area contributed by atoms with E-state index in [9.17, 15) is 36.5 Å². The van der Waals surface area contributed by atoms with E-state index in [0.717, 1.165) is 12.3 Å². The van der Waals surface area contributed by atoms with Crippen LogP contribution in [-0.2, 0) is 18.9 Å². The monoisotopic (exact) mass is 354 g/mol. The first-order valence-corrected chi connectivity index (χ1v) is 6.21. The summed E-state index contributed by atoms with van der Waals surface area (Å²) in [5.74, 6) is 0. The van der Waals surface area contributed by atoms with Gasteiger partial charge in [-0.05, 0) is 13.0 Å². The van der Waals surface area contributed by atoms with Crippen LogP contribution in [0.15, 0.2) is 18.3 Å². The summed E-state index contributed by atoms with van der Waals surface area (Å²) in [6.07, 6.45) is -9.26. The van der Waals surface area contributed by atoms with Gasteiger partial charge in [0.05, 0.1) is 17.2 Å². The van der Waals surface area contributed by atoms with Gasteiger partial charge in [0, 0.05) is 11.6 Å². The Balaban J connectivity index is 2.44. The van der Waals surface area contributed by atoms with Gasteiger partial charge < -0.3 is 0 Å². The van der Waals surface area contributed by atoms with Crippen LogP contribution >= 0.6 is 0 Å². The number of hydrogen-bond acceptors (Lipinski definition) is 4. The maximum atomic E-state index is 12.9. The number of halogens is 6. The first-order chi connectivity index (χ1) is 10.9. The van der Waals surface area contributed by atoms with Crippen molar-refractivity contribution in [3.05, 3.63) is 51.1 Å². The molecular formula is C12H8F6N4O2. The maximum absolute atomic E-state index is 12.9. The molecule has 12 heteroatoms. The van der Waals surface area contributed by atoms with Crippen molar-refractivity contribution in [3.8, 4) is 0 Å². The third kappa shape index (κ3) is 3.63. The molecule has 0 fully saturated rings. The maximum Gasteiger partial charge on any atom is 0.435 e. The Hall–Kier alpha value is -2.66. The van der Waals surface area contributed by atoms with Crippen molar-refractivity contribution in [3.63, 3.8) is 0 Å². The molecule has 0 N–H and O–H groups in total. The molecule has 6 nitrogen and oxygen atoms in total. The summed E-state index contributed by atoms with van der Waals surface area (Å²) in [5.41, 5.74) is -3.62. The highest BCUT2D eigenvalue weighted by molar-refractivity contribution is 5.37. The van der Waals surface area contributed by atoms with Crippen molar-refractivity contribution in [1.82, 2.24) is 14.8 Å². The number of pyridine rings is 1. The zero-order valence-corrected chi connectivity index (χ0v) is 11.8. The minimum Gasteiger partial charge on any atom is -0.258 e. The molecule has 0 aliphatic carbocycles. The average Bonchev–Trinajstić information content (AvgIpc) is 2.82. The van der Waals surface area contributed by atoms with E-state index in [1.54, 1.807) is 0 Å². The second-order valence-corrected chi connectivity index (χ2v) is 4.79. The van der Waals surface area contributed by atoms with Crippen molar-refractivity contribution in [2.45, 2.75) is 25.8 Å². The van der Waals surface area contributed by atoms with Gasteiger partial charge in [-0.3, -0.25) is 19.8 Å². The highest BCUT2D eigenvalue weighted by Crippen LogP contribution is 2.35. The fourth-order valence-electron chi connectivity index (χ4n) is 1.94. The van der Waals surface area contributed by atoms with Gasteiger partial charge in [0.2, 0.25) is 0 Å². The van der Waals surface area contributed by atoms with Crippen LogP contribution in [0.3, 0.4) is 0 Å². The predicted molar refractivity (Wildman–Crippen MR) is 67.0 cm³/mol. The molecule has 2 aromatic heterocycles. The molecule has 0 unspecified atom stereocenters. The van der Waals surface area contributed by atoms with Gasteiger partial charge in [0.15, 0.2) is 5.69 Å². The van der Waals surface area contributed by atoms with Gasteiger partial charge in [0.25, 0.3) is 5.69 Å². The number of nitro groups is 1. The van der Waals surface area contributed by atoms with Crippen LogP contribution in [0.5, 0.6) is 0 Å². The minimum atomic E-state index is -5.05. The molecule has 2 aromatic rings. The van der Waals surface area contributed by atoms with Crippen LogP contribution in [0.25, 0.3) is 0 Å². The van der Waals surface area contributed by atoms with Gasteiger partial charge in [-0.1, -0.05) is 0 Å². The topological polar surface area (TPSA) is 73.8 Å². The van der Waals surface area contributed by atoms with E-state index in [-0.39, 0.29) is 27.7 Å². The molecule has 0 aromatic carbocycles. The third-order valence-electron chi connectivity index (χ3n) is 3.01. The highest BCUT2D eigenvalue weighted by Gasteiger charge is 2.41. The van der Waals surface area contributed by atoms with Crippen LogP contribution in [0.1, 0.15) is 22.6 Å². The van der Waals surface area contributed by atoms with Gasteiger partial charge in [-0.2, -0.15) is 31.4 Å². The standard InChI is InChI=1S/C12H8F6N4O2/c1-6-2-7(19-4-8(6)22(23)24)5-21-10(12(16,17)18)3-9(20-21)11(13,14)15/h2-4H,5H2,1H3. The zero-order valence-electron chi connectivity index (χ0n) is 11.8. The third-order valence-corrected chi connectivity index (χ3v) is 3.01. The predicted octanol–water partition coefficient (Wildman–Crippen LogP) is 3.58. The molecule has 0 spiro atoms. The second kappa shape index (κ2) is 5.76. The van der Waals surface area contributed by atoms with Crippen molar-refractivity contribution in [2.24, 2.45) is 0 Å². The van der Waals surface area contributed by atoms with E-state index in [4.69, 9.17) is 0 Å². The fraction of sp³-hybridized carbons (Fsp3) is 0.333. The van der Waals surface area contributed by atoms with Crippen molar-refractivity contribution in [2.75, 3.05) is 0 Å². The van der Waals surface area contributed by atoms with Crippen LogP contribution in [0.2, 0.25) is 0 Å². The summed E-state index contributed by atoms with van der Waals surface area (Å²) in [5, 5.41) is 13.6. The van der Waals surface area contributed by atoms with Crippen LogP contribution in [-0.4, -0.2) is 19.7 Å². The van der Waals surface area contributed by atoms with E-state index < -0.39 is 35.2 Å². The number of rotatable bonds is 3. The van der Waals surface area contributed by atoms with Crippen LogP contribution < -0.4 is 0 Å². The van der Waals surface area contributed by atoms with Crippen LogP contribution in [0.4, 0.5) is 32.0 Å². The largest absolute Gasteiger partial charge is 0.435 e.